The molecule has 1 amide bonds. The van der Waals surface area contributed by atoms with E-state index in [0.717, 1.165) is 22.3 Å². The molecule has 106 valence electrons. The van der Waals surface area contributed by atoms with Gasteiger partial charge in [0.25, 0.3) is 5.91 Å². The number of aryl methyl sites for hydroxylation is 2. The van der Waals surface area contributed by atoms with Gasteiger partial charge >= 0.3 is 0 Å². The smallest absolute Gasteiger partial charge is 0.254 e. The Morgan fingerprint density at radius 3 is 2.86 bits per heavy atom. The van der Waals surface area contributed by atoms with Crippen molar-refractivity contribution in [3.63, 3.8) is 0 Å². The van der Waals surface area contributed by atoms with Crippen molar-refractivity contribution in [2.45, 2.75) is 20.4 Å². The molecule has 0 aliphatic heterocycles. The number of nitrogens with one attached hydrogen (secondary N) is 2. The van der Waals surface area contributed by atoms with Crippen molar-refractivity contribution in [1.82, 2.24) is 15.3 Å². The van der Waals surface area contributed by atoms with Crippen molar-refractivity contribution < 1.29 is 4.79 Å². The number of pyridine rings is 1. The fraction of sp³-hybridized carbons (Fsp3) is 0.176. The van der Waals surface area contributed by atoms with Crippen LogP contribution >= 0.6 is 0 Å². The number of carbonyl (C=O) groups excluding carboxylic acids is 1. The molecule has 0 unspecified atom stereocenters. The molecular weight excluding hydrogens is 262 g/mol. The molecule has 0 saturated carbocycles. The van der Waals surface area contributed by atoms with Crippen molar-refractivity contribution in [1.29, 1.82) is 0 Å². The molecule has 0 bridgehead atoms. The van der Waals surface area contributed by atoms with Crippen LogP contribution in [0.15, 0.2) is 42.6 Å². The van der Waals surface area contributed by atoms with Crippen molar-refractivity contribution in [2.75, 3.05) is 0 Å². The van der Waals surface area contributed by atoms with Crippen molar-refractivity contribution in [2.24, 2.45) is 0 Å². The first-order valence-electron chi connectivity index (χ1n) is 6.92. The molecular formula is C17H17N3O. The van der Waals surface area contributed by atoms with Crippen LogP contribution in [0.1, 0.15) is 27.3 Å². The number of fused-ring (bicyclic) bond motifs is 1. The Labute approximate surface area is 123 Å². The summed E-state index contributed by atoms with van der Waals surface area (Å²) in [5.74, 6) is -0.0757. The van der Waals surface area contributed by atoms with Gasteiger partial charge in [0.2, 0.25) is 0 Å². The number of amides is 1. The third-order valence-corrected chi connectivity index (χ3v) is 3.52. The maximum absolute atomic E-state index is 12.4. The number of rotatable bonds is 3. The normalized spacial score (nSPS) is 10.8. The van der Waals surface area contributed by atoms with Crippen LogP contribution in [0.3, 0.4) is 0 Å². The molecule has 0 radical (unpaired) electrons. The number of hydrogen-bond acceptors (Lipinski definition) is 2. The van der Waals surface area contributed by atoms with Crippen molar-refractivity contribution >= 4 is 16.8 Å². The molecule has 21 heavy (non-hydrogen) atoms. The second kappa shape index (κ2) is 5.40. The van der Waals surface area contributed by atoms with E-state index in [9.17, 15) is 4.79 Å². The molecule has 3 rings (SSSR count). The van der Waals surface area contributed by atoms with Crippen molar-refractivity contribution in [3.8, 4) is 0 Å². The van der Waals surface area contributed by atoms with Gasteiger partial charge in [0.15, 0.2) is 0 Å². The quantitative estimate of drug-likeness (QED) is 0.774. The highest BCUT2D eigenvalue weighted by Gasteiger charge is 2.15. The van der Waals surface area contributed by atoms with Gasteiger partial charge in [-0.15, -0.1) is 0 Å². The van der Waals surface area contributed by atoms with Crippen LogP contribution in [0.2, 0.25) is 0 Å². The summed E-state index contributed by atoms with van der Waals surface area (Å²) in [5, 5.41) is 3.88. The summed E-state index contributed by atoms with van der Waals surface area (Å²) >= 11 is 0. The molecule has 0 atom stereocenters. The summed E-state index contributed by atoms with van der Waals surface area (Å²) in [7, 11) is 0. The predicted octanol–water partition coefficient (Wildman–Crippen LogP) is 3.11. The molecule has 0 aliphatic carbocycles. The third kappa shape index (κ3) is 2.65. The second-order valence-electron chi connectivity index (χ2n) is 5.18. The average Bonchev–Trinajstić information content (AvgIpc) is 2.81. The van der Waals surface area contributed by atoms with E-state index in [1.807, 2.05) is 44.2 Å². The Bertz CT molecular complexity index is 790. The van der Waals surface area contributed by atoms with Gasteiger partial charge in [-0.1, -0.05) is 18.2 Å². The Balaban J connectivity index is 1.86. The maximum Gasteiger partial charge on any atom is 0.254 e. The van der Waals surface area contributed by atoms with Gasteiger partial charge in [-0.3, -0.25) is 9.78 Å². The zero-order chi connectivity index (χ0) is 14.8. The Morgan fingerprint density at radius 1 is 1.24 bits per heavy atom. The van der Waals surface area contributed by atoms with Crippen LogP contribution in [-0.4, -0.2) is 15.9 Å². The van der Waals surface area contributed by atoms with Crippen molar-refractivity contribution in [3.05, 3.63) is 65.1 Å². The minimum Gasteiger partial charge on any atom is -0.358 e. The second-order valence-corrected chi connectivity index (χ2v) is 5.18. The van der Waals surface area contributed by atoms with E-state index in [4.69, 9.17) is 0 Å². The standard InChI is InChI=1S/C17H17N3O/c1-11-6-7-14-15(9-11)20-12(2)16(14)17(21)19-10-13-5-3-4-8-18-13/h3-9,20H,10H2,1-2H3,(H,19,21). The first kappa shape index (κ1) is 13.4. The minimum absolute atomic E-state index is 0.0757. The number of H-pyrrole nitrogens is 1. The molecule has 2 heterocycles. The van der Waals surface area contributed by atoms with Crippen LogP contribution in [0, 0.1) is 13.8 Å². The number of carbonyl (C=O) groups is 1. The highest BCUT2D eigenvalue weighted by molar-refractivity contribution is 6.08. The highest BCUT2D eigenvalue weighted by Crippen LogP contribution is 2.23. The number of benzene rings is 1. The van der Waals surface area contributed by atoms with E-state index >= 15 is 0 Å². The molecule has 0 spiro atoms. The van der Waals surface area contributed by atoms with E-state index in [-0.39, 0.29) is 5.91 Å². The number of aromatic nitrogens is 2. The van der Waals surface area contributed by atoms with Crippen LogP contribution < -0.4 is 5.32 Å². The summed E-state index contributed by atoms with van der Waals surface area (Å²) in [6.07, 6.45) is 1.72. The molecule has 1 aromatic carbocycles. The number of nitrogens with zero attached hydrogens (tertiary/aromatic N) is 1. The van der Waals surface area contributed by atoms with E-state index in [0.29, 0.717) is 12.1 Å². The molecule has 2 aromatic heterocycles. The van der Waals surface area contributed by atoms with Gasteiger partial charge in [0.1, 0.15) is 0 Å². The average molecular weight is 279 g/mol. The zero-order valence-electron chi connectivity index (χ0n) is 12.1. The van der Waals surface area contributed by atoms with Gasteiger partial charge in [0.05, 0.1) is 17.8 Å². The third-order valence-electron chi connectivity index (χ3n) is 3.52. The molecule has 4 heteroatoms. The van der Waals surface area contributed by atoms with Crippen LogP contribution in [-0.2, 0) is 6.54 Å². The van der Waals surface area contributed by atoms with E-state index in [1.165, 1.54) is 5.56 Å². The number of hydrogen-bond donors (Lipinski definition) is 2. The molecule has 0 aliphatic rings. The maximum atomic E-state index is 12.4. The van der Waals surface area contributed by atoms with E-state index in [2.05, 4.69) is 21.4 Å². The molecule has 2 N–H and O–H groups in total. The summed E-state index contributed by atoms with van der Waals surface area (Å²) in [6.45, 7) is 4.39. The lowest BCUT2D eigenvalue weighted by molar-refractivity contribution is 0.0951. The lowest BCUT2D eigenvalue weighted by Gasteiger charge is -2.05. The molecule has 3 aromatic rings. The minimum atomic E-state index is -0.0757. The predicted molar refractivity (Wildman–Crippen MR) is 83.2 cm³/mol. The summed E-state index contributed by atoms with van der Waals surface area (Å²) < 4.78 is 0. The SMILES string of the molecule is Cc1ccc2c(C(=O)NCc3ccccn3)c(C)[nH]c2c1. The van der Waals surface area contributed by atoms with Gasteiger partial charge in [-0.05, 0) is 37.6 Å². The summed E-state index contributed by atoms with van der Waals surface area (Å²) in [4.78, 5) is 19.9. The fourth-order valence-electron chi connectivity index (χ4n) is 2.50. The molecule has 4 nitrogen and oxygen atoms in total. The van der Waals surface area contributed by atoms with Gasteiger partial charge in [-0.2, -0.15) is 0 Å². The highest BCUT2D eigenvalue weighted by atomic mass is 16.1. The van der Waals surface area contributed by atoms with E-state index < -0.39 is 0 Å². The topological polar surface area (TPSA) is 57.8 Å². The Hall–Kier alpha value is -2.62. The lowest BCUT2D eigenvalue weighted by atomic mass is 10.1. The Morgan fingerprint density at radius 2 is 2.10 bits per heavy atom. The van der Waals surface area contributed by atoms with Crippen LogP contribution in [0.5, 0.6) is 0 Å². The summed E-state index contributed by atoms with van der Waals surface area (Å²) in [5.41, 5.74) is 4.61. The fourth-order valence-corrected chi connectivity index (χ4v) is 2.50. The lowest BCUT2D eigenvalue weighted by Crippen LogP contribution is -2.23. The Kier molecular flexibility index (Phi) is 3.44. The number of aromatic amines is 1. The monoisotopic (exact) mass is 279 g/mol. The first-order chi connectivity index (χ1) is 10.1. The van der Waals surface area contributed by atoms with E-state index in [1.54, 1.807) is 6.20 Å². The van der Waals surface area contributed by atoms with Gasteiger partial charge < -0.3 is 10.3 Å². The van der Waals surface area contributed by atoms with Crippen LogP contribution in [0.4, 0.5) is 0 Å². The molecule has 0 fully saturated rings. The summed E-state index contributed by atoms with van der Waals surface area (Å²) in [6, 6.07) is 11.7. The molecule has 0 saturated heterocycles. The zero-order valence-corrected chi connectivity index (χ0v) is 12.1. The van der Waals surface area contributed by atoms with Gasteiger partial charge in [-0.25, -0.2) is 0 Å². The largest absolute Gasteiger partial charge is 0.358 e. The van der Waals surface area contributed by atoms with Crippen LogP contribution in [0.25, 0.3) is 10.9 Å². The first-order valence-corrected chi connectivity index (χ1v) is 6.92. The van der Waals surface area contributed by atoms with Gasteiger partial charge in [0, 0.05) is 22.8 Å².